The molecule has 2 aliphatic heterocycles. The van der Waals surface area contributed by atoms with E-state index in [0.717, 1.165) is 23.0 Å². The highest BCUT2D eigenvalue weighted by molar-refractivity contribution is 7.91. The van der Waals surface area contributed by atoms with Gasteiger partial charge < -0.3 is 14.8 Å². The number of primary sulfonamides is 1. The number of Topliss-reactive ketones (excluding diaryl/α,β-unsaturated/α-hetero) is 1. The molecule has 32 heteroatoms. The molecule has 1 aromatic heterocycles. The van der Waals surface area contributed by atoms with Gasteiger partial charge in [-0.1, -0.05) is 92.8 Å². The maximum Gasteiger partial charge on any atom is 0.425 e. The van der Waals surface area contributed by atoms with E-state index in [9.17, 15) is 65.3 Å². The number of nitrogens with two attached hydrogens (primary N) is 1. The van der Waals surface area contributed by atoms with Crippen LogP contribution >= 0.6 is 11.3 Å². The number of rotatable bonds is 23. The van der Waals surface area contributed by atoms with Crippen LogP contribution in [0.15, 0.2) is 134 Å². The molecule has 8 rings (SSSR count). The van der Waals surface area contributed by atoms with E-state index in [4.69, 9.17) is 17.8 Å². The number of carbonyl (C=O) groups is 2. The van der Waals surface area contributed by atoms with Crippen molar-refractivity contribution < 1.29 is 82.5 Å². The zero-order valence-corrected chi connectivity index (χ0v) is 53.3. The lowest BCUT2D eigenvalue weighted by Crippen LogP contribution is -2.30. The van der Waals surface area contributed by atoms with Crippen LogP contribution < -0.4 is 15.4 Å². The second-order valence-corrected chi connectivity index (χ2v) is 30.9. The van der Waals surface area contributed by atoms with Crippen LogP contribution in [-0.4, -0.2) is 137 Å². The van der Waals surface area contributed by atoms with Crippen molar-refractivity contribution in [2.45, 2.75) is 103 Å². The van der Waals surface area contributed by atoms with Gasteiger partial charge in [-0.15, -0.1) is 22.8 Å². The Bertz CT molecular complexity index is 4600. The summed E-state index contributed by atoms with van der Waals surface area (Å²) in [5.41, 5.74) is 3.52. The van der Waals surface area contributed by atoms with Crippen molar-refractivity contribution in [1.82, 2.24) is 19.8 Å². The van der Waals surface area contributed by atoms with Gasteiger partial charge in [0.15, 0.2) is 11.5 Å². The van der Waals surface area contributed by atoms with E-state index in [-0.39, 0.29) is 77.7 Å². The number of aromatic nitrogens is 2. The number of anilines is 1. The molecule has 0 bridgehead atoms. The monoisotopic (exact) mass is 1330 g/mol. The van der Waals surface area contributed by atoms with E-state index in [1.54, 1.807) is 66.8 Å². The number of fused-ring (bicyclic) bond motifs is 6. The molecule has 5 N–H and O–H groups in total. The van der Waals surface area contributed by atoms with Crippen molar-refractivity contribution in [2.75, 3.05) is 37.3 Å². The predicted molar refractivity (Wildman–Crippen MR) is 323 cm³/mol. The maximum atomic E-state index is 14.4. The molecule has 0 aliphatic carbocycles. The Hall–Kier alpha value is -6.82. The fourth-order valence-electron chi connectivity index (χ4n) is 10.8. The van der Waals surface area contributed by atoms with Crippen LogP contribution in [0, 0.1) is 0 Å². The lowest BCUT2D eigenvalue weighted by molar-refractivity contribution is -0.437. The number of benzene rings is 5. The summed E-state index contributed by atoms with van der Waals surface area (Å²) in [6.45, 7) is 10.5. The molecule has 0 atom stereocenters. The summed E-state index contributed by atoms with van der Waals surface area (Å²) in [4.78, 5) is 26.3. The minimum atomic E-state index is -4.94. The molecule has 0 saturated heterocycles. The van der Waals surface area contributed by atoms with Crippen molar-refractivity contribution in [1.29, 1.82) is 0 Å². The fourth-order valence-corrected chi connectivity index (χ4v) is 15.5. The van der Waals surface area contributed by atoms with E-state index in [1.807, 2.05) is 62.3 Å². The number of ketones is 1. The molecule has 25 nitrogen and oxygen atoms in total. The number of nitrogens with zero attached hydrogens (tertiary/aromatic N) is 5. The quantitative estimate of drug-likeness (QED) is 0.0261. The van der Waals surface area contributed by atoms with E-state index < -0.39 is 91.7 Å². The summed E-state index contributed by atoms with van der Waals surface area (Å²) in [7, 11) is -24.3. The first-order chi connectivity index (χ1) is 40.4. The molecule has 1 amide bonds. The van der Waals surface area contributed by atoms with E-state index in [0.29, 0.717) is 63.1 Å². The molecular formula is C55H61N7O18S7. The zero-order valence-electron chi connectivity index (χ0n) is 47.6. The van der Waals surface area contributed by atoms with Crippen LogP contribution in [0.5, 0.6) is 0 Å². The Kier molecular flexibility index (Phi) is 20.3. The van der Waals surface area contributed by atoms with Gasteiger partial charge in [0.05, 0.1) is 31.7 Å². The highest BCUT2D eigenvalue weighted by Gasteiger charge is 2.46. The molecule has 3 heterocycles. The SMILES string of the molecule is CCC[N+]1=C(C=CC=CC=C2N(CCCS(=O)(=O)[O-])c3ccc4c(S(=O)(=O)N(C)CCCC(=O)NCc5ccc(C(=O)Cc6nnc(S(N)(=O)=O)s6)cc5)cccc4c3C2(C)C)C(C)(C)c2c1ccc1c(S(=O)(=O)O)cc(S(=O)(=O)O)cc21.O=S(=O)=O. The molecule has 466 valence electrons. The number of hydrogen-bond acceptors (Lipinski definition) is 20. The van der Waals surface area contributed by atoms with Crippen molar-refractivity contribution >= 4 is 123 Å². The molecule has 0 unspecified atom stereocenters. The lowest BCUT2D eigenvalue weighted by Gasteiger charge is -2.27. The number of sulfonamides is 2. The Morgan fingerprint density at radius 2 is 1.45 bits per heavy atom. The number of amides is 1. The summed E-state index contributed by atoms with van der Waals surface area (Å²) in [5, 5.41) is 16.6. The van der Waals surface area contributed by atoms with Crippen LogP contribution in [-0.2, 0) is 89.6 Å². The van der Waals surface area contributed by atoms with Gasteiger partial charge in [0.1, 0.15) is 16.4 Å². The highest BCUT2D eigenvalue weighted by atomic mass is 32.2. The maximum absolute atomic E-state index is 14.4. The van der Waals surface area contributed by atoms with Crippen molar-refractivity contribution in [3.8, 4) is 0 Å². The molecule has 5 aromatic carbocycles. The first kappa shape index (κ1) is 67.7. The minimum absolute atomic E-state index is 0.00375. The number of carbonyl (C=O) groups excluding carboxylic acids is 2. The largest absolute Gasteiger partial charge is 0.748 e. The second kappa shape index (κ2) is 26.1. The molecule has 0 spiro atoms. The number of hydrogen-bond donors (Lipinski definition) is 4. The Morgan fingerprint density at radius 3 is 2.06 bits per heavy atom. The first-order valence-corrected chi connectivity index (χ1v) is 35.7. The minimum Gasteiger partial charge on any atom is -0.748 e. The first-order valence-electron chi connectivity index (χ1n) is 26.4. The summed E-state index contributed by atoms with van der Waals surface area (Å²) in [6.07, 6.45) is 9.80. The third kappa shape index (κ3) is 15.4. The third-order valence-electron chi connectivity index (χ3n) is 14.6. The number of nitrogens with one attached hydrogen (secondary N) is 1. The molecule has 0 radical (unpaired) electrons. The highest BCUT2D eigenvalue weighted by Crippen LogP contribution is 2.52. The van der Waals surface area contributed by atoms with Crippen LogP contribution in [0.4, 0.5) is 11.4 Å². The predicted octanol–water partition coefficient (Wildman–Crippen LogP) is 5.64. The van der Waals surface area contributed by atoms with Gasteiger partial charge in [0.2, 0.25) is 26.0 Å². The molecule has 0 fully saturated rings. The normalized spacial score (nSPS) is 15.6. The van der Waals surface area contributed by atoms with Gasteiger partial charge in [0.25, 0.3) is 30.3 Å². The van der Waals surface area contributed by atoms with E-state index in [1.165, 1.54) is 29.6 Å². The van der Waals surface area contributed by atoms with Crippen molar-refractivity contribution in [2.24, 2.45) is 5.14 Å². The van der Waals surface area contributed by atoms with Gasteiger partial charge in [0, 0.05) is 96.1 Å². The Balaban J connectivity index is 0.00000262. The molecule has 87 heavy (non-hydrogen) atoms. The smallest absolute Gasteiger partial charge is 0.425 e. The van der Waals surface area contributed by atoms with E-state index in [2.05, 4.69) is 15.5 Å². The fraction of sp³-hybridized carbons (Fsp3) is 0.327. The Morgan fingerprint density at radius 1 is 0.793 bits per heavy atom. The summed E-state index contributed by atoms with van der Waals surface area (Å²) >= 11 is 0.708. The van der Waals surface area contributed by atoms with Crippen LogP contribution in [0.1, 0.15) is 92.4 Å². The summed E-state index contributed by atoms with van der Waals surface area (Å²) < 4.78 is 185. The molecular weight excluding hydrogens is 1270 g/mol. The van der Waals surface area contributed by atoms with Crippen molar-refractivity contribution in [3.05, 3.63) is 142 Å². The Labute approximate surface area is 509 Å². The van der Waals surface area contributed by atoms with Gasteiger partial charge in [-0.05, 0) is 85.0 Å². The van der Waals surface area contributed by atoms with Crippen LogP contribution in [0.3, 0.4) is 0 Å². The van der Waals surface area contributed by atoms with Gasteiger partial charge in [-0.3, -0.25) is 18.7 Å². The molecule has 2 aliphatic rings. The second-order valence-electron chi connectivity index (χ2n) is 21.3. The van der Waals surface area contributed by atoms with Gasteiger partial charge in [-0.25, -0.2) is 34.7 Å². The van der Waals surface area contributed by atoms with Crippen LogP contribution in [0.2, 0.25) is 0 Å². The average Bonchev–Trinajstić information content (AvgIpc) is 1.63. The third-order valence-corrected chi connectivity index (χ3v) is 21.3. The van der Waals surface area contributed by atoms with Gasteiger partial charge >= 0.3 is 10.6 Å². The summed E-state index contributed by atoms with van der Waals surface area (Å²) in [6, 6.07) is 20.0. The van der Waals surface area contributed by atoms with E-state index >= 15 is 0 Å². The van der Waals surface area contributed by atoms with Crippen LogP contribution in [0.25, 0.3) is 21.5 Å². The average molecular weight is 1330 g/mol. The standard InChI is InChI=1S/C55H61N7O15S6.O3S/c1-7-27-61-43-26-24-39-41(31-37(82(72,73)74)32-46(39)83(75,76)77)52(43)55(4,5)47(61)16-9-8-10-17-48-54(2,3)51-40-14-11-15-45(38(40)23-25-42(51)62(48)29-13-30-79(65,66)67)81(70,71)60(6)28-12-18-49(64)57-34-35-19-21-36(22-20-35)44(63)33-50-58-59-53(78-50)80(56,68)69;1-4(2)3/h8-11,14-17,19-26,31-32H,7,12-13,18,27-30,33-34H2,1-6H3,(H5-,56,57,64,65,66,67,68,69,72,73,74,75,76,77);. The summed E-state index contributed by atoms with van der Waals surface area (Å²) in [5.74, 6) is -1.27. The topological polar surface area (TPSA) is 393 Å². The van der Waals surface area contributed by atoms with Gasteiger partial charge in [-0.2, -0.15) is 21.4 Å². The molecule has 6 aromatic rings. The zero-order chi connectivity index (χ0) is 64.4. The molecule has 0 saturated carbocycles. The van der Waals surface area contributed by atoms with Crippen molar-refractivity contribution in [3.63, 3.8) is 0 Å². The number of allylic oxidation sites excluding steroid dienone is 6. The lowest BCUT2D eigenvalue weighted by atomic mass is 9.79.